The minimum atomic E-state index is -0.534. The van der Waals surface area contributed by atoms with Crippen LogP contribution < -0.4 is 10.5 Å². The molecule has 0 saturated heterocycles. The van der Waals surface area contributed by atoms with E-state index in [4.69, 9.17) is 16.6 Å². The van der Waals surface area contributed by atoms with Gasteiger partial charge in [-0.15, -0.1) is 0 Å². The molecule has 0 N–H and O–H groups in total. The monoisotopic (exact) mass is 465 g/mol. The van der Waals surface area contributed by atoms with Crippen LogP contribution in [0.5, 0.6) is 0 Å². The van der Waals surface area contributed by atoms with E-state index in [1.807, 2.05) is 24.4 Å². The molecule has 6 nitrogen and oxygen atoms in total. The first-order valence-corrected chi connectivity index (χ1v) is 11.2. The number of nitrogens with zero attached hydrogens (tertiary/aromatic N) is 5. The molecule has 0 amide bonds. The average Bonchev–Trinajstić information content (AvgIpc) is 2.80. The first kappa shape index (κ1) is 22.9. The molecule has 1 aromatic carbocycles. The SMILES string of the molecule is CCCN(CCc1cccnc1)c1cc2nc(C)n(C)c(=O)c2c(-c2ccc(Cl)cc2F)n1. The molecule has 170 valence electrons. The highest BCUT2D eigenvalue weighted by molar-refractivity contribution is 6.30. The number of pyridine rings is 2. The predicted octanol–water partition coefficient (Wildman–Crippen LogP) is 4.95. The standard InChI is InChI=1S/C25H25ClFN5O/c1-4-11-32(12-9-17-6-5-10-28-15-17)22-14-21-23(25(33)31(3)16(2)29-21)24(30-22)19-8-7-18(26)13-20(19)27/h5-8,10,13-15H,4,9,11-12H2,1-3H3. The summed E-state index contributed by atoms with van der Waals surface area (Å²) in [5, 5.41) is 0.569. The van der Waals surface area contributed by atoms with Crippen LogP contribution >= 0.6 is 11.6 Å². The summed E-state index contributed by atoms with van der Waals surface area (Å²) in [4.78, 5) is 28.9. The molecule has 0 aliphatic heterocycles. The average molecular weight is 466 g/mol. The zero-order valence-electron chi connectivity index (χ0n) is 18.8. The molecule has 33 heavy (non-hydrogen) atoms. The Balaban J connectivity index is 1.89. The molecule has 4 rings (SSSR count). The molecule has 0 atom stereocenters. The van der Waals surface area contributed by atoms with E-state index in [-0.39, 0.29) is 27.2 Å². The number of halogens is 2. The lowest BCUT2D eigenvalue weighted by Crippen LogP contribution is -2.28. The maximum atomic E-state index is 15.0. The Kier molecular flexibility index (Phi) is 6.70. The first-order chi connectivity index (χ1) is 15.9. The number of rotatable bonds is 7. The van der Waals surface area contributed by atoms with Gasteiger partial charge in [-0.3, -0.25) is 14.3 Å². The van der Waals surface area contributed by atoms with Crippen LogP contribution in [-0.4, -0.2) is 32.6 Å². The Morgan fingerprint density at radius 3 is 2.67 bits per heavy atom. The fourth-order valence-corrected chi connectivity index (χ4v) is 4.00. The third kappa shape index (κ3) is 4.73. The second kappa shape index (κ2) is 9.67. The Morgan fingerprint density at radius 2 is 1.97 bits per heavy atom. The lowest BCUT2D eigenvalue weighted by atomic mass is 10.1. The quantitative estimate of drug-likeness (QED) is 0.386. The normalized spacial score (nSPS) is 11.2. The van der Waals surface area contributed by atoms with Crippen LogP contribution in [0.15, 0.2) is 53.6 Å². The molecule has 0 aliphatic carbocycles. The van der Waals surface area contributed by atoms with E-state index in [0.29, 0.717) is 23.7 Å². The number of fused-ring (bicyclic) bond motifs is 1. The highest BCUT2D eigenvalue weighted by atomic mass is 35.5. The van der Waals surface area contributed by atoms with E-state index in [9.17, 15) is 9.18 Å². The van der Waals surface area contributed by atoms with Crippen LogP contribution in [0.25, 0.3) is 22.2 Å². The molecule has 3 heterocycles. The van der Waals surface area contributed by atoms with Gasteiger partial charge in [-0.25, -0.2) is 14.4 Å². The third-order valence-corrected chi connectivity index (χ3v) is 5.90. The molecule has 0 bridgehead atoms. The van der Waals surface area contributed by atoms with Crippen LogP contribution in [0, 0.1) is 12.7 Å². The first-order valence-electron chi connectivity index (χ1n) is 10.9. The van der Waals surface area contributed by atoms with Gasteiger partial charge in [-0.1, -0.05) is 24.6 Å². The van der Waals surface area contributed by atoms with E-state index in [1.54, 1.807) is 32.3 Å². The van der Waals surface area contributed by atoms with Crippen LogP contribution in [0.4, 0.5) is 10.2 Å². The number of aromatic nitrogens is 4. The Bertz CT molecular complexity index is 1360. The third-order valence-electron chi connectivity index (χ3n) is 5.67. The van der Waals surface area contributed by atoms with Crippen molar-refractivity contribution < 1.29 is 4.39 Å². The number of hydrogen-bond donors (Lipinski definition) is 0. The van der Waals surface area contributed by atoms with Gasteiger partial charge in [0.25, 0.3) is 5.56 Å². The fraction of sp³-hybridized carbons (Fsp3) is 0.280. The van der Waals surface area contributed by atoms with Gasteiger partial charge in [0.05, 0.1) is 16.6 Å². The minimum absolute atomic E-state index is 0.220. The highest BCUT2D eigenvalue weighted by Gasteiger charge is 2.20. The maximum Gasteiger partial charge on any atom is 0.263 e. The summed E-state index contributed by atoms with van der Waals surface area (Å²) >= 11 is 5.97. The van der Waals surface area contributed by atoms with Gasteiger partial charge in [0.1, 0.15) is 17.5 Å². The molecule has 0 fully saturated rings. The van der Waals surface area contributed by atoms with Crippen molar-refractivity contribution in [2.75, 3.05) is 18.0 Å². The predicted molar refractivity (Wildman–Crippen MR) is 130 cm³/mol. The zero-order chi connectivity index (χ0) is 23.5. The topological polar surface area (TPSA) is 63.9 Å². The van der Waals surface area contributed by atoms with E-state index >= 15 is 0 Å². The number of hydrogen-bond acceptors (Lipinski definition) is 5. The van der Waals surface area contributed by atoms with Crippen molar-refractivity contribution in [2.45, 2.75) is 26.7 Å². The lowest BCUT2D eigenvalue weighted by molar-refractivity contribution is 0.631. The van der Waals surface area contributed by atoms with E-state index in [1.165, 1.54) is 10.6 Å². The van der Waals surface area contributed by atoms with Gasteiger partial charge < -0.3 is 4.90 Å². The molecular weight excluding hydrogens is 441 g/mol. The summed E-state index contributed by atoms with van der Waals surface area (Å²) in [5.74, 6) is 0.691. The van der Waals surface area contributed by atoms with Crippen molar-refractivity contribution in [3.05, 3.63) is 81.4 Å². The summed E-state index contributed by atoms with van der Waals surface area (Å²) in [7, 11) is 1.65. The molecule has 0 radical (unpaired) electrons. The smallest absolute Gasteiger partial charge is 0.263 e. The molecule has 0 unspecified atom stereocenters. The van der Waals surface area contributed by atoms with Gasteiger partial charge in [0, 0.05) is 49.2 Å². The van der Waals surface area contributed by atoms with Crippen LogP contribution in [0.3, 0.4) is 0 Å². The van der Waals surface area contributed by atoms with E-state index in [2.05, 4.69) is 21.8 Å². The highest BCUT2D eigenvalue weighted by Crippen LogP contribution is 2.31. The summed E-state index contributed by atoms with van der Waals surface area (Å²) in [5.41, 5.74) is 1.84. The summed E-state index contributed by atoms with van der Waals surface area (Å²) in [6.07, 6.45) is 5.28. The van der Waals surface area contributed by atoms with Gasteiger partial charge in [-0.2, -0.15) is 0 Å². The van der Waals surface area contributed by atoms with E-state index < -0.39 is 5.82 Å². The zero-order valence-corrected chi connectivity index (χ0v) is 19.6. The van der Waals surface area contributed by atoms with Gasteiger partial charge in [-0.05, 0) is 49.6 Å². The van der Waals surface area contributed by atoms with Crippen LogP contribution in [0.2, 0.25) is 5.02 Å². The lowest BCUT2D eigenvalue weighted by Gasteiger charge is -2.24. The Labute approximate surface area is 196 Å². The van der Waals surface area contributed by atoms with Crippen LogP contribution in [0.1, 0.15) is 24.7 Å². The van der Waals surface area contributed by atoms with Crippen molar-refractivity contribution in [3.8, 4) is 11.3 Å². The maximum absolute atomic E-state index is 15.0. The fourth-order valence-electron chi connectivity index (χ4n) is 3.84. The van der Waals surface area contributed by atoms with Gasteiger partial charge in [0.2, 0.25) is 0 Å². The van der Waals surface area contributed by atoms with E-state index in [0.717, 1.165) is 24.9 Å². The molecule has 3 aromatic heterocycles. The van der Waals surface area contributed by atoms with Crippen molar-refractivity contribution in [1.29, 1.82) is 0 Å². The largest absolute Gasteiger partial charge is 0.356 e. The molecule has 0 saturated carbocycles. The number of benzene rings is 1. The van der Waals surface area contributed by atoms with Crippen molar-refractivity contribution in [2.24, 2.45) is 7.05 Å². The second-order valence-electron chi connectivity index (χ2n) is 7.97. The minimum Gasteiger partial charge on any atom is -0.356 e. The Morgan fingerprint density at radius 1 is 1.15 bits per heavy atom. The molecular formula is C25H25ClFN5O. The number of anilines is 1. The van der Waals surface area contributed by atoms with Crippen LogP contribution in [-0.2, 0) is 13.5 Å². The molecule has 4 aromatic rings. The molecule has 0 aliphatic rings. The second-order valence-corrected chi connectivity index (χ2v) is 8.41. The van der Waals surface area contributed by atoms with Crippen molar-refractivity contribution >= 4 is 28.3 Å². The Hall–Kier alpha value is -3.32. The van der Waals surface area contributed by atoms with Gasteiger partial charge >= 0.3 is 0 Å². The van der Waals surface area contributed by atoms with Crippen molar-refractivity contribution in [3.63, 3.8) is 0 Å². The summed E-state index contributed by atoms with van der Waals surface area (Å²) < 4.78 is 16.4. The number of aryl methyl sites for hydroxylation is 1. The summed E-state index contributed by atoms with van der Waals surface area (Å²) in [6.45, 7) is 5.32. The van der Waals surface area contributed by atoms with Gasteiger partial charge in [0.15, 0.2) is 0 Å². The summed E-state index contributed by atoms with van der Waals surface area (Å²) in [6, 6.07) is 10.2. The van der Waals surface area contributed by atoms with Crippen molar-refractivity contribution in [1.82, 2.24) is 19.5 Å². The molecule has 0 spiro atoms. The molecule has 8 heteroatoms.